The van der Waals surface area contributed by atoms with Crippen LogP contribution in [0.3, 0.4) is 0 Å². The summed E-state index contributed by atoms with van der Waals surface area (Å²) in [4.78, 5) is 10.1. The van der Waals surface area contributed by atoms with E-state index in [1.165, 1.54) is 0 Å². The Bertz CT molecular complexity index is 299. The molecule has 1 aromatic rings. The molecule has 0 aliphatic rings. The molecule has 0 heterocycles. The zero-order valence-corrected chi connectivity index (χ0v) is 9.02. The molecule has 13 heavy (non-hydrogen) atoms. The van der Waals surface area contributed by atoms with E-state index in [1.54, 1.807) is 0 Å². The standard InChI is InChI=1S/C9H9IO3/c10-8-3-1-2-7(4-8)5-13-6-9(11)12/h1-4H,5-6H2,(H,11,12). The molecule has 0 fully saturated rings. The maximum Gasteiger partial charge on any atom is 0.329 e. The minimum absolute atomic E-state index is 0.245. The summed E-state index contributed by atoms with van der Waals surface area (Å²) >= 11 is 2.20. The highest BCUT2D eigenvalue weighted by Crippen LogP contribution is 2.08. The third kappa shape index (κ3) is 4.23. The van der Waals surface area contributed by atoms with Gasteiger partial charge in [-0.3, -0.25) is 0 Å². The molecule has 0 unspecified atom stereocenters. The first-order valence-electron chi connectivity index (χ1n) is 3.72. The average Bonchev–Trinajstić information content (AvgIpc) is 2.03. The fraction of sp³-hybridized carbons (Fsp3) is 0.222. The van der Waals surface area contributed by atoms with E-state index in [4.69, 9.17) is 9.84 Å². The Labute approximate surface area is 89.9 Å². The summed E-state index contributed by atoms with van der Waals surface area (Å²) in [5.41, 5.74) is 0.994. The summed E-state index contributed by atoms with van der Waals surface area (Å²) in [6, 6.07) is 7.76. The van der Waals surface area contributed by atoms with Crippen LogP contribution in [-0.4, -0.2) is 17.7 Å². The number of carboxylic acid groups (broad SMARTS) is 1. The van der Waals surface area contributed by atoms with Crippen LogP contribution in [0.4, 0.5) is 0 Å². The molecule has 0 spiro atoms. The van der Waals surface area contributed by atoms with Crippen molar-refractivity contribution in [2.45, 2.75) is 6.61 Å². The number of carboxylic acids is 1. The van der Waals surface area contributed by atoms with Crippen molar-refractivity contribution in [1.82, 2.24) is 0 Å². The Kier molecular flexibility index (Phi) is 4.17. The molecule has 1 aromatic carbocycles. The van der Waals surface area contributed by atoms with E-state index in [2.05, 4.69) is 22.6 Å². The number of hydrogen-bond donors (Lipinski definition) is 1. The van der Waals surface area contributed by atoms with Crippen LogP contribution in [0.15, 0.2) is 24.3 Å². The molecule has 0 aliphatic carbocycles. The molecule has 0 radical (unpaired) electrons. The van der Waals surface area contributed by atoms with Crippen LogP contribution < -0.4 is 0 Å². The zero-order valence-electron chi connectivity index (χ0n) is 6.87. The molecular weight excluding hydrogens is 283 g/mol. The van der Waals surface area contributed by atoms with Gasteiger partial charge >= 0.3 is 5.97 Å². The molecule has 0 aliphatic heterocycles. The molecule has 3 nitrogen and oxygen atoms in total. The van der Waals surface area contributed by atoms with Crippen molar-refractivity contribution in [3.63, 3.8) is 0 Å². The van der Waals surface area contributed by atoms with Gasteiger partial charge in [0.2, 0.25) is 0 Å². The maximum absolute atomic E-state index is 10.1. The first-order valence-corrected chi connectivity index (χ1v) is 4.80. The first kappa shape index (κ1) is 10.5. The molecule has 0 saturated heterocycles. The fourth-order valence-corrected chi connectivity index (χ4v) is 1.49. The van der Waals surface area contributed by atoms with Gasteiger partial charge in [0.25, 0.3) is 0 Å². The third-order valence-corrected chi connectivity index (χ3v) is 2.05. The largest absolute Gasteiger partial charge is 0.480 e. The summed E-state index contributed by atoms with van der Waals surface area (Å²) in [5, 5.41) is 8.32. The van der Waals surface area contributed by atoms with E-state index >= 15 is 0 Å². The smallest absolute Gasteiger partial charge is 0.329 e. The lowest BCUT2D eigenvalue weighted by atomic mass is 10.2. The summed E-state index contributed by atoms with van der Waals surface area (Å²) in [7, 11) is 0. The van der Waals surface area contributed by atoms with Crippen molar-refractivity contribution in [2.75, 3.05) is 6.61 Å². The Morgan fingerprint density at radius 1 is 1.54 bits per heavy atom. The molecule has 4 heteroatoms. The van der Waals surface area contributed by atoms with Crippen LogP contribution in [0.2, 0.25) is 0 Å². The predicted octanol–water partition coefficient (Wildman–Crippen LogP) is 1.89. The number of aliphatic carboxylic acids is 1. The van der Waals surface area contributed by atoms with E-state index in [0.717, 1.165) is 9.13 Å². The lowest BCUT2D eigenvalue weighted by Gasteiger charge is -2.01. The predicted molar refractivity (Wildman–Crippen MR) is 56.5 cm³/mol. The van der Waals surface area contributed by atoms with E-state index in [0.29, 0.717) is 6.61 Å². The van der Waals surface area contributed by atoms with Crippen molar-refractivity contribution >= 4 is 28.6 Å². The second-order valence-corrected chi connectivity index (χ2v) is 3.76. The summed E-state index contributed by atoms with van der Waals surface area (Å²) in [5.74, 6) is -0.939. The highest BCUT2D eigenvalue weighted by molar-refractivity contribution is 14.1. The third-order valence-electron chi connectivity index (χ3n) is 1.38. The van der Waals surface area contributed by atoms with Gasteiger partial charge in [-0.25, -0.2) is 4.79 Å². The van der Waals surface area contributed by atoms with E-state index in [9.17, 15) is 4.79 Å². The Balaban J connectivity index is 2.41. The van der Waals surface area contributed by atoms with Crippen LogP contribution in [-0.2, 0) is 16.1 Å². The van der Waals surface area contributed by atoms with Crippen molar-refractivity contribution < 1.29 is 14.6 Å². The zero-order chi connectivity index (χ0) is 9.68. The number of rotatable bonds is 4. The van der Waals surface area contributed by atoms with Crippen LogP contribution >= 0.6 is 22.6 Å². The van der Waals surface area contributed by atoms with Gasteiger partial charge < -0.3 is 9.84 Å². The van der Waals surface area contributed by atoms with Gasteiger partial charge in [-0.2, -0.15) is 0 Å². The second kappa shape index (κ2) is 5.18. The lowest BCUT2D eigenvalue weighted by Crippen LogP contribution is -2.06. The molecule has 0 amide bonds. The number of halogens is 1. The van der Waals surface area contributed by atoms with Crippen molar-refractivity contribution in [1.29, 1.82) is 0 Å². The summed E-state index contributed by atoms with van der Waals surface area (Å²) < 4.78 is 6.05. The monoisotopic (exact) mass is 292 g/mol. The number of benzene rings is 1. The van der Waals surface area contributed by atoms with Crippen LogP contribution in [0, 0.1) is 3.57 Å². The molecule has 70 valence electrons. The highest BCUT2D eigenvalue weighted by Gasteiger charge is 1.97. The second-order valence-electron chi connectivity index (χ2n) is 2.52. The SMILES string of the molecule is O=C(O)COCc1cccc(I)c1. The summed E-state index contributed by atoms with van der Waals surface area (Å²) in [6.07, 6.45) is 0. The normalized spacial score (nSPS) is 9.92. The highest BCUT2D eigenvalue weighted by atomic mass is 127. The number of ether oxygens (including phenoxy) is 1. The minimum atomic E-state index is -0.939. The van der Waals surface area contributed by atoms with Gasteiger partial charge in [0.15, 0.2) is 0 Å². The van der Waals surface area contributed by atoms with Gasteiger partial charge in [-0.05, 0) is 40.3 Å². The molecule has 1 rings (SSSR count). The number of hydrogen-bond acceptors (Lipinski definition) is 2. The van der Waals surface area contributed by atoms with Crippen LogP contribution in [0.5, 0.6) is 0 Å². The fourth-order valence-electron chi connectivity index (χ4n) is 0.883. The van der Waals surface area contributed by atoms with E-state index in [-0.39, 0.29) is 6.61 Å². The Morgan fingerprint density at radius 2 is 2.31 bits per heavy atom. The van der Waals surface area contributed by atoms with Gasteiger partial charge in [-0.15, -0.1) is 0 Å². The molecule has 0 atom stereocenters. The lowest BCUT2D eigenvalue weighted by molar-refractivity contribution is -0.142. The van der Waals surface area contributed by atoms with E-state index in [1.807, 2.05) is 24.3 Å². The van der Waals surface area contributed by atoms with Crippen molar-refractivity contribution in [3.05, 3.63) is 33.4 Å². The maximum atomic E-state index is 10.1. The van der Waals surface area contributed by atoms with Crippen molar-refractivity contribution in [2.24, 2.45) is 0 Å². The van der Waals surface area contributed by atoms with Gasteiger partial charge in [0.05, 0.1) is 6.61 Å². The molecule has 0 saturated carbocycles. The topological polar surface area (TPSA) is 46.5 Å². The molecule has 0 bridgehead atoms. The summed E-state index contributed by atoms with van der Waals surface area (Å²) in [6.45, 7) is 0.106. The molecular formula is C9H9IO3. The van der Waals surface area contributed by atoms with Gasteiger partial charge in [0, 0.05) is 3.57 Å². The van der Waals surface area contributed by atoms with Gasteiger partial charge in [0.1, 0.15) is 6.61 Å². The van der Waals surface area contributed by atoms with Crippen LogP contribution in [0.25, 0.3) is 0 Å². The average molecular weight is 292 g/mol. The Morgan fingerprint density at radius 3 is 2.92 bits per heavy atom. The van der Waals surface area contributed by atoms with Crippen LogP contribution in [0.1, 0.15) is 5.56 Å². The quantitative estimate of drug-likeness (QED) is 0.862. The Hall–Kier alpha value is -0.620. The van der Waals surface area contributed by atoms with Gasteiger partial charge in [-0.1, -0.05) is 12.1 Å². The minimum Gasteiger partial charge on any atom is -0.480 e. The molecule has 0 aromatic heterocycles. The van der Waals surface area contributed by atoms with Crippen molar-refractivity contribution in [3.8, 4) is 0 Å². The first-order chi connectivity index (χ1) is 6.18. The molecule has 1 N–H and O–H groups in total. The number of carbonyl (C=O) groups is 1. The van der Waals surface area contributed by atoms with E-state index < -0.39 is 5.97 Å².